The lowest BCUT2D eigenvalue weighted by Crippen LogP contribution is -2.37. The highest BCUT2D eigenvalue weighted by Crippen LogP contribution is 2.29. The Bertz CT molecular complexity index is 427. The number of aryl methyl sites for hydroxylation is 1. The first-order valence-corrected chi connectivity index (χ1v) is 7.40. The molecule has 2 heterocycles. The van der Waals surface area contributed by atoms with E-state index in [0.29, 0.717) is 6.10 Å². The van der Waals surface area contributed by atoms with Gasteiger partial charge >= 0.3 is 0 Å². The zero-order valence-electron chi connectivity index (χ0n) is 11.7. The predicted molar refractivity (Wildman–Crippen MR) is 75.8 cm³/mol. The van der Waals surface area contributed by atoms with Crippen LogP contribution in [0.1, 0.15) is 30.4 Å². The predicted octanol–water partition coefficient (Wildman–Crippen LogP) is 2.46. The van der Waals surface area contributed by atoms with E-state index in [1.807, 2.05) is 0 Å². The second-order valence-corrected chi connectivity index (χ2v) is 5.70. The molecule has 2 aliphatic rings. The Hall–Kier alpha value is -1.06. The van der Waals surface area contributed by atoms with Crippen molar-refractivity contribution in [2.45, 2.75) is 44.8 Å². The van der Waals surface area contributed by atoms with Crippen LogP contribution in [-0.4, -0.2) is 31.9 Å². The summed E-state index contributed by atoms with van der Waals surface area (Å²) in [6.07, 6.45) is 5.42. The molecule has 1 aromatic rings. The highest BCUT2D eigenvalue weighted by molar-refractivity contribution is 5.40. The minimum absolute atomic E-state index is 0.278. The van der Waals surface area contributed by atoms with Crippen molar-refractivity contribution in [3.8, 4) is 5.75 Å². The van der Waals surface area contributed by atoms with Gasteiger partial charge in [-0.2, -0.15) is 0 Å². The Balaban J connectivity index is 1.43. The maximum Gasteiger partial charge on any atom is 0.123 e. The number of hydrogen-bond acceptors (Lipinski definition) is 3. The molecule has 2 atom stereocenters. The third-order valence-corrected chi connectivity index (χ3v) is 3.98. The average molecular weight is 261 g/mol. The van der Waals surface area contributed by atoms with Gasteiger partial charge in [-0.1, -0.05) is 17.7 Å². The molecule has 0 spiro atoms. The van der Waals surface area contributed by atoms with Gasteiger partial charge < -0.3 is 14.8 Å². The van der Waals surface area contributed by atoms with Crippen LogP contribution in [0, 0.1) is 6.92 Å². The Kier molecular flexibility index (Phi) is 4.04. The van der Waals surface area contributed by atoms with Gasteiger partial charge in [0.05, 0.1) is 6.10 Å². The van der Waals surface area contributed by atoms with E-state index in [-0.39, 0.29) is 6.10 Å². The van der Waals surface area contributed by atoms with E-state index in [9.17, 15) is 0 Å². The minimum atomic E-state index is 0.278. The normalized spacial score (nSPS) is 25.9. The molecule has 2 aliphatic heterocycles. The summed E-state index contributed by atoms with van der Waals surface area (Å²) < 4.78 is 11.7. The van der Waals surface area contributed by atoms with Crippen LogP contribution in [0.3, 0.4) is 0 Å². The molecule has 0 aromatic heterocycles. The molecule has 3 rings (SSSR count). The van der Waals surface area contributed by atoms with Crippen molar-refractivity contribution < 1.29 is 9.47 Å². The monoisotopic (exact) mass is 261 g/mol. The van der Waals surface area contributed by atoms with Crippen molar-refractivity contribution in [2.24, 2.45) is 0 Å². The summed E-state index contributed by atoms with van der Waals surface area (Å²) in [6.45, 7) is 4.92. The molecule has 0 amide bonds. The van der Waals surface area contributed by atoms with Gasteiger partial charge in [0.15, 0.2) is 0 Å². The molecule has 1 aromatic carbocycles. The molecule has 19 heavy (non-hydrogen) atoms. The molecule has 3 heteroatoms. The summed E-state index contributed by atoms with van der Waals surface area (Å²) in [6, 6.07) is 6.44. The Morgan fingerprint density at radius 3 is 2.95 bits per heavy atom. The van der Waals surface area contributed by atoms with Crippen molar-refractivity contribution in [1.29, 1.82) is 0 Å². The summed E-state index contributed by atoms with van der Waals surface area (Å²) in [5, 5.41) is 3.50. The van der Waals surface area contributed by atoms with Crippen LogP contribution in [0.15, 0.2) is 18.2 Å². The van der Waals surface area contributed by atoms with Crippen molar-refractivity contribution in [3.63, 3.8) is 0 Å². The number of fused-ring (bicyclic) bond motifs is 1. The summed E-state index contributed by atoms with van der Waals surface area (Å²) in [7, 11) is 0. The lowest BCUT2D eigenvalue weighted by molar-refractivity contribution is 0.0159. The van der Waals surface area contributed by atoms with Crippen LogP contribution >= 0.6 is 0 Å². The smallest absolute Gasteiger partial charge is 0.123 e. The molecule has 1 fully saturated rings. The van der Waals surface area contributed by atoms with E-state index in [4.69, 9.17) is 9.47 Å². The molecule has 0 aliphatic carbocycles. The zero-order chi connectivity index (χ0) is 13.1. The first-order valence-electron chi connectivity index (χ1n) is 7.40. The second kappa shape index (κ2) is 5.93. The fraction of sp³-hybridized carbons (Fsp3) is 0.625. The fourth-order valence-electron chi connectivity index (χ4n) is 2.94. The second-order valence-electron chi connectivity index (χ2n) is 5.70. The fourth-order valence-corrected chi connectivity index (χ4v) is 2.94. The standard InChI is InChI=1S/C16H23NO2/c1-12-5-6-16-13(8-12)9-15(19-16)11-17-10-14-4-2-3-7-18-14/h5-6,8,14-15,17H,2-4,7,9-11H2,1H3. The number of benzene rings is 1. The van der Waals surface area contributed by atoms with E-state index in [2.05, 4.69) is 30.4 Å². The number of nitrogens with one attached hydrogen (secondary N) is 1. The van der Waals surface area contributed by atoms with Gasteiger partial charge in [-0.05, 0) is 37.8 Å². The summed E-state index contributed by atoms with van der Waals surface area (Å²) >= 11 is 0. The summed E-state index contributed by atoms with van der Waals surface area (Å²) in [4.78, 5) is 0. The average Bonchev–Trinajstić information content (AvgIpc) is 2.82. The molecule has 0 bridgehead atoms. The number of rotatable bonds is 4. The first-order chi connectivity index (χ1) is 9.31. The van der Waals surface area contributed by atoms with E-state index in [0.717, 1.165) is 31.9 Å². The van der Waals surface area contributed by atoms with Crippen molar-refractivity contribution in [3.05, 3.63) is 29.3 Å². The topological polar surface area (TPSA) is 30.5 Å². The molecule has 2 unspecified atom stereocenters. The molecule has 3 nitrogen and oxygen atoms in total. The van der Waals surface area contributed by atoms with Crippen LogP contribution in [0.2, 0.25) is 0 Å². The third-order valence-electron chi connectivity index (χ3n) is 3.98. The van der Waals surface area contributed by atoms with Gasteiger partial charge in [0, 0.05) is 26.1 Å². The maximum atomic E-state index is 5.95. The first kappa shape index (κ1) is 12.9. The van der Waals surface area contributed by atoms with Gasteiger partial charge in [-0.3, -0.25) is 0 Å². The van der Waals surface area contributed by atoms with Gasteiger partial charge in [0.1, 0.15) is 11.9 Å². The van der Waals surface area contributed by atoms with E-state index in [1.165, 1.54) is 30.4 Å². The van der Waals surface area contributed by atoms with Crippen LogP contribution < -0.4 is 10.1 Å². The van der Waals surface area contributed by atoms with Crippen LogP contribution in [-0.2, 0) is 11.2 Å². The molecular weight excluding hydrogens is 238 g/mol. The number of ether oxygens (including phenoxy) is 2. The van der Waals surface area contributed by atoms with Crippen molar-refractivity contribution in [1.82, 2.24) is 5.32 Å². The Morgan fingerprint density at radius 2 is 2.11 bits per heavy atom. The largest absolute Gasteiger partial charge is 0.488 e. The third kappa shape index (κ3) is 3.28. The SMILES string of the molecule is Cc1ccc2c(c1)CC(CNCC1CCCCO1)O2. The van der Waals surface area contributed by atoms with Gasteiger partial charge in [0.25, 0.3) is 0 Å². The van der Waals surface area contributed by atoms with Gasteiger partial charge in [0.2, 0.25) is 0 Å². The quantitative estimate of drug-likeness (QED) is 0.903. The van der Waals surface area contributed by atoms with Crippen LogP contribution in [0.25, 0.3) is 0 Å². The van der Waals surface area contributed by atoms with Crippen LogP contribution in [0.5, 0.6) is 5.75 Å². The van der Waals surface area contributed by atoms with Crippen molar-refractivity contribution >= 4 is 0 Å². The highest BCUT2D eigenvalue weighted by Gasteiger charge is 2.23. The highest BCUT2D eigenvalue weighted by atomic mass is 16.5. The van der Waals surface area contributed by atoms with Gasteiger partial charge in [-0.15, -0.1) is 0 Å². The lowest BCUT2D eigenvalue weighted by atomic mass is 10.1. The van der Waals surface area contributed by atoms with E-state index < -0.39 is 0 Å². The van der Waals surface area contributed by atoms with Crippen molar-refractivity contribution in [2.75, 3.05) is 19.7 Å². The minimum Gasteiger partial charge on any atom is -0.488 e. The summed E-state index contributed by atoms with van der Waals surface area (Å²) in [5.74, 6) is 1.06. The molecule has 0 radical (unpaired) electrons. The Labute approximate surface area is 115 Å². The summed E-state index contributed by atoms with van der Waals surface area (Å²) in [5.41, 5.74) is 2.66. The molecule has 104 valence electrons. The maximum absolute atomic E-state index is 5.95. The Morgan fingerprint density at radius 1 is 1.21 bits per heavy atom. The van der Waals surface area contributed by atoms with E-state index >= 15 is 0 Å². The number of hydrogen-bond donors (Lipinski definition) is 1. The van der Waals surface area contributed by atoms with E-state index in [1.54, 1.807) is 0 Å². The molecule has 0 saturated carbocycles. The molecule has 1 N–H and O–H groups in total. The zero-order valence-corrected chi connectivity index (χ0v) is 11.7. The molecule has 1 saturated heterocycles. The van der Waals surface area contributed by atoms with Gasteiger partial charge in [-0.25, -0.2) is 0 Å². The lowest BCUT2D eigenvalue weighted by Gasteiger charge is -2.23. The molecular formula is C16H23NO2. The van der Waals surface area contributed by atoms with Crippen LogP contribution in [0.4, 0.5) is 0 Å².